The van der Waals surface area contributed by atoms with E-state index in [2.05, 4.69) is 40.6 Å². The number of nitrogens with one attached hydrogen (secondary N) is 1. The lowest BCUT2D eigenvalue weighted by Crippen LogP contribution is -2.23. The normalized spacial score (nSPS) is 15.4. The van der Waals surface area contributed by atoms with Crippen molar-refractivity contribution < 1.29 is 9.53 Å². The minimum atomic E-state index is -0.324. The average Bonchev–Trinajstić information content (AvgIpc) is 3.07. The highest BCUT2D eigenvalue weighted by atomic mass is 32.2. The third-order valence-corrected chi connectivity index (χ3v) is 5.44. The molecule has 0 atom stereocenters. The van der Waals surface area contributed by atoms with Gasteiger partial charge < -0.3 is 15.0 Å². The van der Waals surface area contributed by atoms with Crippen LogP contribution in [0, 0.1) is 0 Å². The molecule has 0 amide bonds. The van der Waals surface area contributed by atoms with Gasteiger partial charge in [0.1, 0.15) is 10.9 Å². The number of thioether (sulfide) groups is 1. The van der Waals surface area contributed by atoms with Crippen LogP contribution in [-0.4, -0.2) is 24.5 Å². The second kappa shape index (κ2) is 7.14. The molecule has 1 N–H and O–H groups in total. The van der Waals surface area contributed by atoms with E-state index in [4.69, 9.17) is 4.74 Å². The van der Waals surface area contributed by atoms with E-state index in [9.17, 15) is 4.79 Å². The van der Waals surface area contributed by atoms with E-state index in [0.717, 1.165) is 33.6 Å². The molecule has 2 aliphatic heterocycles. The van der Waals surface area contributed by atoms with Crippen LogP contribution in [0.5, 0.6) is 0 Å². The first-order chi connectivity index (χ1) is 12.8. The molecule has 2 heterocycles. The van der Waals surface area contributed by atoms with Crippen molar-refractivity contribution in [1.82, 2.24) is 10.2 Å². The zero-order chi connectivity index (χ0) is 17.9. The summed E-state index contributed by atoms with van der Waals surface area (Å²) in [6, 6.07) is 17.8. The summed E-state index contributed by atoms with van der Waals surface area (Å²) in [7, 11) is 1.41. The topological polar surface area (TPSA) is 41.6 Å². The molecule has 0 unspecified atom stereocenters. The standard InChI is InChI=1S/C21H18N2O2S/c1-25-21(24)16-11-5-6-12-17(16)26-20-19(15-9-3-2-4-10-15)22-18-13-7-8-14-23(18)20/h2-13,22H,14H2,1H3. The van der Waals surface area contributed by atoms with Gasteiger partial charge in [-0.15, -0.1) is 0 Å². The highest BCUT2D eigenvalue weighted by Gasteiger charge is 2.29. The maximum atomic E-state index is 12.1. The fourth-order valence-electron chi connectivity index (χ4n) is 2.98. The molecule has 4 rings (SSSR count). The van der Waals surface area contributed by atoms with E-state index in [1.54, 1.807) is 17.8 Å². The fraction of sp³-hybridized carbons (Fsp3) is 0.0952. The number of carbonyl (C=O) groups is 1. The maximum Gasteiger partial charge on any atom is 0.339 e. The van der Waals surface area contributed by atoms with Crippen LogP contribution >= 0.6 is 11.8 Å². The monoisotopic (exact) mass is 362 g/mol. The second-order valence-corrected chi connectivity index (χ2v) is 6.88. The van der Waals surface area contributed by atoms with Gasteiger partial charge in [0.2, 0.25) is 0 Å². The minimum Gasteiger partial charge on any atom is -0.465 e. The van der Waals surface area contributed by atoms with E-state index >= 15 is 0 Å². The van der Waals surface area contributed by atoms with Crippen LogP contribution in [0.3, 0.4) is 0 Å². The van der Waals surface area contributed by atoms with E-state index < -0.39 is 0 Å². The third kappa shape index (κ3) is 3.02. The number of carbonyl (C=O) groups excluding carboxylic acids is 1. The van der Waals surface area contributed by atoms with Crippen molar-refractivity contribution in [3.8, 4) is 0 Å². The summed E-state index contributed by atoms with van der Waals surface area (Å²) in [6.45, 7) is 0.790. The van der Waals surface area contributed by atoms with Crippen molar-refractivity contribution in [1.29, 1.82) is 0 Å². The summed E-state index contributed by atoms with van der Waals surface area (Å²) in [5.41, 5.74) is 2.73. The molecule has 0 saturated carbocycles. The van der Waals surface area contributed by atoms with Crippen molar-refractivity contribution in [2.24, 2.45) is 0 Å². The maximum absolute atomic E-state index is 12.1. The van der Waals surface area contributed by atoms with Gasteiger partial charge in [-0.05, 0) is 18.2 Å². The summed E-state index contributed by atoms with van der Waals surface area (Å²) in [5, 5.41) is 4.59. The molecule has 130 valence electrons. The fourth-order valence-corrected chi connectivity index (χ4v) is 4.15. The molecule has 0 aliphatic carbocycles. The number of methoxy groups -OCH3 is 1. The molecule has 2 aliphatic rings. The van der Waals surface area contributed by atoms with Gasteiger partial charge in [-0.1, -0.05) is 66.4 Å². The molecule has 4 nitrogen and oxygen atoms in total. The van der Waals surface area contributed by atoms with Gasteiger partial charge in [-0.3, -0.25) is 0 Å². The Bertz CT molecular complexity index is 932. The zero-order valence-corrected chi connectivity index (χ0v) is 15.1. The average molecular weight is 362 g/mol. The van der Waals surface area contributed by atoms with Crippen LogP contribution in [-0.2, 0) is 4.74 Å². The molecule has 2 aromatic carbocycles. The van der Waals surface area contributed by atoms with Crippen LogP contribution in [0.1, 0.15) is 15.9 Å². The van der Waals surface area contributed by atoms with Crippen molar-refractivity contribution >= 4 is 23.4 Å². The predicted molar refractivity (Wildman–Crippen MR) is 104 cm³/mol. The molecule has 0 fully saturated rings. The lowest BCUT2D eigenvalue weighted by molar-refractivity contribution is 0.0597. The third-order valence-electron chi connectivity index (χ3n) is 4.24. The number of hydrogen-bond acceptors (Lipinski definition) is 5. The van der Waals surface area contributed by atoms with E-state index in [1.165, 1.54) is 7.11 Å². The molecule has 26 heavy (non-hydrogen) atoms. The van der Waals surface area contributed by atoms with Crippen molar-refractivity contribution in [2.75, 3.05) is 13.7 Å². The van der Waals surface area contributed by atoms with Crippen molar-refractivity contribution in [3.05, 3.63) is 94.8 Å². The summed E-state index contributed by atoms with van der Waals surface area (Å²) in [6.07, 6.45) is 6.23. The van der Waals surface area contributed by atoms with Crippen LogP contribution in [0.2, 0.25) is 0 Å². The molecular formula is C21H18N2O2S. The van der Waals surface area contributed by atoms with Gasteiger partial charge in [0.25, 0.3) is 0 Å². The number of esters is 1. The van der Waals surface area contributed by atoms with Gasteiger partial charge in [-0.2, -0.15) is 0 Å². The Labute approximate surface area is 156 Å². The van der Waals surface area contributed by atoms with Crippen LogP contribution in [0.4, 0.5) is 0 Å². The predicted octanol–water partition coefficient (Wildman–Crippen LogP) is 4.21. The van der Waals surface area contributed by atoms with Crippen LogP contribution < -0.4 is 5.32 Å². The van der Waals surface area contributed by atoms with E-state index in [1.807, 2.05) is 36.4 Å². The van der Waals surface area contributed by atoms with Gasteiger partial charge in [0.05, 0.1) is 18.4 Å². The molecule has 5 heteroatoms. The number of allylic oxidation sites excluding steroid dienone is 2. The van der Waals surface area contributed by atoms with Gasteiger partial charge in [-0.25, -0.2) is 4.79 Å². The van der Waals surface area contributed by atoms with Crippen molar-refractivity contribution in [2.45, 2.75) is 4.90 Å². The summed E-state index contributed by atoms with van der Waals surface area (Å²) in [5.74, 6) is 0.722. The quantitative estimate of drug-likeness (QED) is 0.826. The summed E-state index contributed by atoms with van der Waals surface area (Å²) < 4.78 is 4.94. The largest absolute Gasteiger partial charge is 0.465 e. The number of rotatable bonds is 4. The lowest BCUT2D eigenvalue weighted by atomic mass is 10.2. The second-order valence-electron chi connectivity index (χ2n) is 5.85. The van der Waals surface area contributed by atoms with Crippen LogP contribution in [0.25, 0.3) is 5.70 Å². The number of benzene rings is 2. The Balaban J connectivity index is 1.78. The van der Waals surface area contributed by atoms with Gasteiger partial charge >= 0.3 is 5.97 Å². The molecule has 0 bridgehead atoms. The molecule has 0 aromatic heterocycles. The Morgan fingerprint density at radius 2 is 1.88 bits per heavy atom. The highest BCUT2D eigenvalue weighted by molar-refractivity contribution is 8.03. The number of fused-ring (bicyclic) bond motifs is 1. The van der Waals surface area contributed by atoms with Crippen LogP contribution in [0.15, 0.2) is 88.6 Å². The molecule has 2 aromatic rings. The smallest absolute Gasteiger partial charge is 0.339 e. The Morgan fingerprint density at radius 1 is 1.12 bits per heavy atom. The van der Waals surface area contributed by atoms with Gasteiger partial charge in [0.15, 0.2) is 0 Å². The van der Waals surface area contributed by atoms with E-state index in [0.29, 0.717) is 5.56 Å². The van der Waals surface area contributed by atoms with Gasteiger partial charge in [0, 0.05) is 17.0 Å². The molecule has 0 saturated heterocycles. The molecule has 0 spiro atoms. The summed E-state index contributed by atoms with van der Waals surface area (Å²) >= 11 is 1.58. The Morgan fingerprint density at radius 3 is 2.69 bits per heavy atom. The van der Waals surface area contributed by atoms with Crippen molar-refractivity contribution in [3.63, 3.8) is 0 Å². The molecular weight excluding hydrogens is 344 g/mol. The summed E-state index contributed by atoms with van der Waals surface area (Å²) in [4.78, 5) is 15.2. The Hall–Kier alpha value is -2.92. The highest BCUT2D eigenvalue weighted by Crippen LogP contribution is 2.42. The SMILES string of the molecule is COC(=O)c1ccccc1SC1=C(c2ccccc2)NC2=CC=CCN21. The molecule has 0 radical (unpaired) electrons. The van der Waals surface area contributed by atoms with E-state index in [-0.39, 0.29) is 5.97 Å². The number of hydrogen-bond donors (Lipinski definition) is 1. The first-order valence-corrected chi connectivity index (χ1v) is 9.16. The number of ether oxygens (including phenoxy) is 1. The Kier molecular flexibility index (Phi) is 4.54. The zero-order valence-electron chi connectivity index (χ0n) is 14.3. The first-order valence-electron chi connectivity index (χ1n) is 8.34. The minimum absolute atomic E-state index is 0.324. The number of nitrogens with zero attached hydrogens (tertiary/aromatic N) is 1. The first kappa shape index (κ1) is 16.5. The lowest BCUT2D eigenvalue weighted by Gasteiger charge is -2.23.